The molecule has 0 aromatic carbocycles. The van der Waals surface area contributed by atoms with Gasteiger partial charge in [-0.25, -0.2) is 4.98 Å². The van der Waals surface area contributed by atoms with E-state index in [0.717, 1.165) is 0 Å². The Morgan fingerprint density at radius 1 is 1.38 bits per heavy atom. The predicted octanol–water partition coefficient (Wildman–Crippen LogP) is 0.450. The van der Waals surface area contributed by atoms with Gasteiger partial charge in [0.05, 0.1) is 19.5 Å². The topological polar surface area (TPSA) is 69.9 Å². The summed E-state index contributed by atoms with van der Waals surface area (Å²) in [5, 5.41) is 3.96. The summed E-state index contributed by atoms with van der Waals surface area (Å²) in [4.78, 5) is 19.9. The van der Waals surface area contributed by atoms with E-state index < -0.39 is 0 Å². The van der Waals surface area contributed by atoms with Crippen LogP contribution in [0.15, 0.2) is 24.8 Å². The Morgan fingerprint density at radius 2 is 2.19 bits per heavy atom. The number of hydrogen-bond donors (Lipinski definition) is 0. The number of hydrogen-bond acceptors (Lipinski definition) is 5. The molecule has 0 N–H and O–H groups in total. The van der Waals surface area contributed by atoms with Crippen LogP contribution in [0.2, 0.25) is 0 Å². The SMILES string of the molecule is COc1cnn(C)c1C(=O)c1cnccn1. The number of carbonyl (C=O) groups excluding carboxylic acids is 1. The molecule has 0 saturated heterocycles. The molecular weight excluding hydrogens is 208 g/mol. The number of aromatic nitrogens is 4. The molecule has 6 heteroatoms. The van der Waals surface area contributed by atoms with Crippen LogP contribution >= 0.6 is 0 Å². The van der Waals surface area contributed by atoms with Crippen LogP contribution < -0.4 is 4.74 Å². The molecular formula is C10H10N4O2. The molecule has 0 radical (unpaired) electrons. The molecule has 2 heterocycles. The Labute approximate surface area is 91.9 Å². The molecule has 0 amide bonds. The molecule has 2 rings (SSSR count). The molecule has 82 valence electrons. The Hall–Kier alpha value is -2.24. The van der Waals surface area contributed by atoms with Crippen molar-refractivity contribution in [2.45, 2.75) is 0 Å². The lowest BCUT2D eigenvalue weighted by Gasteiger charge is -2.02. The molecule has 0 aliphatic heterocycles. The second-order valence-corrected chi connectivity index (χ2v) is 3.10. The Kier molecular flexibility index (Phi) is 2.63. The number of ketones is 1. The summed E-state index contributed by atoms with van der Waals surface area (Å²) in [6, 6.07) is 0. The van der Waals surface area contributed by atoms with Gasteiger partial charge in [-0.05, 0) is 0 Å². The summed E-state index contributed by atoms with van der Waals surface area (Å²) in [6.45, 7) is 0. The average molecular weight is 218 g/mol. The largest absolute Gasteiger partial charge is 0.493 e. The van der Waals surface area contributed by atoms with Crippen LogP contribution in [-0.2, 0) is 7.05 Å². The second kappa shape index (κ2) is 4.09. The third kappa shape index (κ3) is 1.65. The molecule has 0 aliphatic carbocycles. The number of rotatable bonds is 3. The number of ether oxygens (including phenoxy) is 1. The summed E-state index contributed by atoms with van der Waals surface area (Å²) < 4.78 is 6.51. The second-order valence-electron chi connectivity index (χ2n) is 3.10. The summed E-state index contributed by atoms with van der Waals surface area (Å²) >= 11 is 0. The van der Waals surface area contributed by atoms with Gasteiger partial charge in [0.25, 0.3) is 0 Å². The Bertz CT molecular complexity index is 507. The van der Waals surface area contributed by atoms with Gasteiger partial charge >= 0.3 is 0 Å². The number of carbonyl (C=O) groups is 1. The highest BCUT2D eigenvalue weighted by Crippen LogP contribution is 2.18. The number of methoxy groups -OCH3 is 1. The van der Waals surface area contributed by atoms with Crippen LogP contribution in [0.25, 0.3) is 0 Å². The molecule has 0 atom stereocenters. The molecule has 6 nitrogen and oxygen atoms in total. The van der Waals surface area contributed by atoms with E-state index in [1.165, 1.54) is 36.6 Å². The number of aryl methyl sites for hydroxylation is 1. The van der Waals surface area contributed by atoms with Crippen LogP contribution in [0.3, 0.4) is 0 Å². The van der Waals surface area contributed by atoms with Gasteiger partial charge in [0.15, 0.2) is 11.4 Å². The molecule has 0 unspecified atom stereocenters. The lowest BCUT2D eigenvalue weighted by Crippen LogP contribution is -2.11. The van der Waals surface area contributed by atoms with E-state index in [-0.39, 0.29) is 11.5 Å². The predicted molar refractivity (Wildman–Crippen MR) is 55.2 cm³/mol. The Morgan fingerprint density at radius 3 is 2.81 bits per heavy atom. The third-order valence-electron chi connectivity index (χ3n) is 2.14. The van der Waals surface area contributed by atoms with E-state index in [9.17, 15) is 4.79 Å². The maximum atomic E-state index is 12.1. The van der Waals surface area contributed by atoms with Crippen molar-refractivity contribution in [2.75, 3.05) is 7.11 Å². The van der Waals surface area contributed by atoms with Gasteiger partial charge in [-0.15, -0.1) is 0 Å². The van der Waals surface area contributed by atoms with Crippen LogP contribution in [0.1, 0.15) is 16.2 Å². The lowest BCUT2D eigenvalue weighted by molar-refractivity contribution is 0.102. The standard InChI is InChI=1S/C10H10N4O2/c1-14-9(8(16-2)6-13-14)10(15)7-5-11-3-4-12-7/h3-6H,1-2H3. The first kappa shape index (κ1) is 10.3. The highest BCUT2D eigenvalue weighted by molar-refractivity contribution is 6.08. The van der Waals surface area contributed by atoms with Crippen molar-refractivity contribution in [3.05, 3.63) is 36.2 Å². The van der Waals surface area contributed by atoms with E-state index >= 15 is 0 Å². The van der Waals surface area contributed by atoms with E-state index in [4.69, 9.17) is 4.74 Å². The average Bonchev–Trinajstić information content (AvgIpc) is 2.70. The van der Waals surface area contributed by atoms with Gasteiger partial charge in [-0.2, -0.15) is 5.10 Å². The molecule has 16 heavy (non-hydrogen) atoms. The zero-order valence-electron chi connectivity index (χ0n) is 8.91. The van der Waals surface area contributed by atoms with Crippen molar-refractivity contribution in [3.63, 3.8) is 0 Å². The van der Waals surface area contributed by atoms with Crippen LogP contribution in [0.5, 0.6) is 5.75 Å². The first-order valence-corrected chi connectivity index (χ1v) is 4.60. The van der Waals surface area contributed by atoms with Crippen molar-refractivity contribution in [3.8, 4) is 5.75 Å². The summed E-state index contributed by atoms with van der Waals surface area (Å²) in [5.74, 6) is 0.170. The summed E-state index contributed by atoms with van der Waals surface area (Å²) in [5.41, 5.74) is 0.632. The quantitative estimate of drug-likeness (QED) is 0.699. The van der Waals surface area contributed by atoms with E-state index in [0.29, 0.717) is 11.4 Å². The molecule has 0 bridgehead atoms. The fraction of sp³-hybridized carbons (Fsp3) is 0.200. The maximum absolute atomic E-state index is 12.1. The molecule has 2 aromatic rings. The molecule has 0 aliphatic rings. The highest BCUT2D eigenvalue weighted by atomic mass is 16.5. The molecule has 2 aromatic heterocycles. The molecule has 0 fully saturated rings. The van der Waals surface area contributed by atoms with Crippen molar-refractivity contribution < 1.29 is 9.53 Å². The minimum Gasteiger partial charge on any atom is -0.493 e. The Balaban J connectivity index is 2.45. The van der Waals surface area contributed by atoms with Crippen molar-refractivity contribution >= 4 is 5.78 Å². The van der Waals surface area contributed by atoms with Crippen molar-refractivity contribution in [1.29, 1.82) is 0 Å². The van der Waals surface area contributed by atoms with Gasteiger partial charge in [-0.1, -0.05) is 0 Å². The lowest BCUT2D eigenvalue weighted by atomic mass is 10.2. The van der Waals surface area contributed by atoms with Gasteiger partial charge in [0.1, 0.15) is 5.69 Å². The van der Waals surface area contributed by atoms with Crippen molar-refractivity contribution in [2.24, 2.45) is 7.05 Å². The minimum absolute atomic E-state index is 0.259. The minimum atomic E-state index is -0.259. The molecule has 0 saturated carbocycles. The zero-order chi connectivity index (χ0) is 11.5. The normalized spacial score (nSPS) is 10.1. The third-order valence-corrected chi connectivity index (χ3v) is 2.14. The van der Waals surface area contributed by atoms with E-state index in [2.05, 4.69) is 15.1 Å². The smallest absolute Gasteiger partial charge is 0.234 e. The van der Waals surface area contributed by atoms with E-state index in [1.807, 2.05) is 0 Å². The van der Waals surface area contributed by atoms with Crippen molar-refractivity contribution in [1.82, 2.24) is 19.7 Å². The van der Waals surface area contributed by atoms with Gasteiger partial charge in [-0.3, -0.25) is 14.5 Å². The highest BCUT2D eigenvalue weighted by Gasteiger charge is 2.20. The van der Waals surface area contributed by atoms with Crippen LogP contribution in [0.4, 0.5) is 0 Å². The summed E-state index contributed by atoms with van der Waals surface area (Å²) in [7, 11) is 3.16. The van der Waals surface area contributed by atoms with Crippen LogP contribution in [-0.4, -0.2) is 32.6 Å². The van der Waals surface area contributed by atoms with Gasteiger partial charge in [0, 0.05) is 19.4 Å². The molecule has 0 spiro atoms. The number of nitrogens with zero attached hydrogens (tertiary/aromatic N) is 4. The summed E-state index contributed by atoms with van der Waals surface area (Å²) in [6.07, 6.45) is 5.88. The first-order chi connectivity index (χ1) is 7.74. The van der Waals surface area contributed by atoms with Gasteiger partial charge < -0.3 is 4.74 Å². The monoisotopic (exact) mass is 218 g/mol. The zero-order valence-corrected chi connectivity index (χ0v) is 8.91. The van der Waals surface area contributed by atoms with Gasteiger partial charge in [0.2, 0.25) is 5.78 Å². The fourth-order valence-corrected chi connectivity index (χ4v) is 1.36. The van der Waals surface area contributed by atoms with E-state index in [1.54, 1.807) is 7.05 Å². The first-order valence-electron chi connectivity index (χ1n) is 4.60. The fourth-order valence-electron chi connectivity index (χ4n) is 1.36. The maximum Gasteiger partial charge on any atom is 0.234 e. The van der Waals surface area contributed by atoms with Crippen LogP contribution in [0, 0.1) is 0 Å².